The van der Waals surface area contributed by atoms with Gasteiger partial charge in [0.2, 0.25) is 0 Å². The topological polar surface area (TPSA) is 23.5 Å². The number of rotatable bonds is 4. The van der Waals surface area contributed by atoms with E-state index < -0.39 is 6.10 Å². The third-order valence-electron chi connectivity index (χ3n) is 3.53. The molecule has 2 rings (SSSR count). The van der Waals surface area contributed by atoms with Crippen LogP contribution in [0.5, 0.6) is 0 Å². The SMILES string of the molecule is Cc1ccccc1CN(C)c1ccc(C(C)O)cc1F. The van der Waals surface area contributed by atoms with Crippen molar-refractivity contribution in [2.45, 2.75) is 26.5 Å². The molecular weight excluding hydrogens is 253 g/mol. The van der Waals surface area contributed by atoms with E-state index in [-0.39, 0.29) is 5.82 Å². The van der Waals surface area contributed by atoms with Gasteiger partial charge in [-0.25, -0.2) is 4.39 Å². The van der Waals surface area contributed by atoms with Crippen LogP contribution in [-0.4, -0.2) is 12.2 Å². The molecule has 1 unspecified atom stereocenters. The van der Waals surface area contributed by atoms with Crippen LogP contribution < -0.4 is 4.90 Å². The molecule has 0 radical (unpaired) electrons. The zero-order valence-electron chi connectivity index (χ0n) is 12.1. The van der Waals surface area contributed by atoms with E-state index >= 15 is 0 Å². The van der Waals surface area contributed by atoms with Crippen LogP contribution in [0.3, 0.4) is 0 Å². The number of halogens is 1. The van der Waals surface area contributed by atoms with E-state index in [1.54, 1.807) is 19.1 Å². The molecule has 0 aliphatic carbocycles. The largest absolute Gasteiger partial charge is 0.389 e. The van der Waals surface area contributed by atoms with Gasteiger partial charge in [-0.15, -0.1) is 0 Å². The summed E-state index contributed by atoms with van der Waals surface area (Å²) >= 11 is 0. The molecule has 1 N–H and O–H groups in total. The molecule has 3 heteroatoms. The molecule has 0 saturated carbocycles. The molecule has 2 aromatic rings. The van der Waals surface area contributed by atoms with Crippen LogP contribution in [0.1, 0.15) is 29.7 Å². The van der Waals surface area contributed by atoms with Gasteiger partial charge in [-0.3, -0.25) is 0 Å². The quantitative estimate of drug-likeness (QED) is 0.915. The van der Waals surface area contributed by atoms with E-state index in [1.807, 2.05) is 30.1 Å². The first-order valence-electron chi connectivity index (χ1n) is 6.72. The number of hydrogen-bond donors (Lipinski definition) is 1. The van der Waals surface area contributed by atoms with Crippen molar-refractivity contribution < 1.29 is 9.50 Å². The van der Waals surface area contributed by atoms with E-state index in [1.165, 1.54) is 17.2 Å². The molecule has 0 aromatic heterocycles. The summed E-state index contributed by atoms with van der Waals surface area (Å²) in [6, 6.07) is 13.0. The van der Waals surface area contributed by atoms with Crippen LogP contribution in [0.4, 0.5) is 10.1 Å². The van der Waals surface area contributed by atoms with Gasteiger partial charge >= 0.3 is 0 Å². The number of aliphatic hydroxyl groups excluding tert-OH is 1. The van der Waals surface area contributed by atoms with Crippen LogP contribution in [0.2, 0.25) is 0 Å². The highest BCUT2D eigenvalue weighted by molar-refractivity contribution is 5.49. The van der Waals surface area contributed by atoms with Crippen LogP contribution in [0.25, 0.3) is 0 Å². The minimum atomic E-state index is -0.653. The van der Waals surface area contributed by atoms with Crippen molar-refractivity contribution in [1.82, 2.24) is 0 Å². The Bertz CT molecular complexity index is 595. The van der Waals surface area contributed by atoms with Crippen molar-refractivity contribution in [3.63, 3.8) is 0 Å². The smallest absolute Gasteiger partial charge is 0.146 e. The monoisotopic (exact) mass is 273 g/mol. The van der Waals surface area contributed by atoms with Crippen LogP contribution in [0, 0.1) is 12.7 Å². The van der Waals surface area contributed by atoms with Crippen molar-refractivity contribution in [3.8, 4) is 0 Å². The van der Waals surface area contributed by atoms with Gasteiger partial charge in [0.15, 0.2) is 0 Å². The lowest BCUT2D eigenvalue weighted by molar-refractivity contribution is 0.199. The molecule has 0 amide bonds. The summed E-state index contributed by atoms with van der Waals surface area (Å²) in [6.07, 6.45) is -0.653. The van der Waals surface area contributed by atoms with E-state index in [0.717, 1.165) is 0 Å². The lowest BCUT2D eigenvalue weighted by Gasteiger charge is -2.21. The molecule has 106 valence electrons. The van der Waals surface area contributed by atoms with Crippen molar-refractivity contribution in [2.75, 3.05) is 11.9 Å². The van der Waals surface area contributed by atoms with Crippen LogP contribution in [0.15, 0.2) is 42.5 Å². The first kappa shape index (κ1) is 14.5. The fourth-order valence-electron chi connectivity index (χ4n) is 2.22. The third kappa shape index (κ3) is 3.17. The second kappa shape index (κ2) is 6.06. The van der Waals surface area contributed by atoms with Gasteiger partial charge in [-0.1, -0.05) is 30.3 Å². The summed E-state index contributed by atoms with van der Waals surface area (Å²) in [5.74, 6) is -0.306. The Morgan fingerprint density at radius 2 is 1.90 bits per heavy atom. The Morgan fingerprint density at radius 3 is 2.50 bits per heavy atom. The molecule has 20 heavy (non-hydrogen) atoms. The standard InChI is InChI=1S/C17H20FNO/c1-12-6-4-5-7-15(12)11-19(3)17-9-8-14(13(2)20)10-16(17)18/h4-10,13,20H,11H2,1-3H3. The normalized spacial score (nSPS) is 12.2. The number of anilines is 1. The maximum Gasteiger partial charge on any atom is 0.146 e. The fraction of sp³-hybridized carbons (Fsp3) is 0.294. The van der Waals surface area contributed by atoms with E-state index in [0.29, 0.717) is 17.8 Å². The zero-order valence-corrected chi connectivity index (χ0v) is 12.1. The van der Waals surface area contributed by atoms with Crippen molar-refractivity contribution >= 4 is 5.69 Å². The van der Waals surface area contributed by atoms with Crippen LogP contribution >= 0.6 is 0 Å². The average Bonchev–Trinajstić information content (AvgIpc) is 2.41. The Morgan fingerprint density at radius 1 is 1.20 bits per heavy atom. The van der Waals surface area contributed by atoms with Crippen LogP contribution in [-0.2, 0) is 6.54 Å². The highest BCUT2D eigenvalue weighted by Crippen LogP contribution is 2.24. The minimum absolute atomic E-state index is 0.306. The third-order valence-corrected chi connectivity index (χ3v) is 3.53. The molecule has 0 heterocycles. The van der Waals surface area contributed by atoms with Gasteiger partial charge < -0.3 is 10.0 Å². The maximum absolute atomic E-state index is 14.1. The van der Waals surface area contributed by atoms with Crippen molar-refractivity contribution in [1.29, 1.82) is 0 Å². The number of aliphatic hydroxyl groups is 1. The molecule has 0 aliphatic rings. The Hall–Kier alpha value is -1.87. The highest BCUT2D eigenvalue weighted by Gasteiger charge is 2.11. The van der Waals surface area contributed by atoms with E-state index in [2.05, 4.69) is 13.0 Å². The molecule has 1 atom stereocenters. The number of nitrogens with zero attached hydrogens (tertiary/aromatic N) is 1. The summed E-state index contributed by atoms with van der Waals surface area (Å²) < 4.78 is 14.1. The Balaban J connectivity index is 2.21. The molecule has 0 spiro atoms. The van der Waals surface area contributed by atoms with Crippen molar-refractivity contribution in [2.24, 2.45) is 0 Å². The molecule has 0 saturated heterocycles. The fourth-order valence-corrected chi connectivity index (χ4v) is 2.22. The Labute approximate surface area is 119 Å². The predicted molar refractivity (Wildman–Crippen MR) is 80.3 cm³/mol. The van der Waals surface area contributed by atoms with E-state index in [4.69, 9.17) is 0 Å². The first-order valence-corrected chi connectivity index (χ1v) is 6.72. The number of hydrogen-bond acceptors (Lipinski definition) is 2. The maximum atomic E-state index is 14.1. The summed E-state index contributed by atoms with van der Waals surface area (Å²) in [6.45, 7) is 4.33. The summed E-state index contributed by atoms with van der Waals surface area (Å²) in [5, 5.41) is 9.47. The molecule has 0 bridgehead atoms. The Kier molecular flexibility index (Phi) is 4.40. The average molecular weight is 273 g/mol. The summed E-state index contributed by atoms with van der Waals surface area (Å²) in [5.41, 5.74) is 3.50. The predicted octanol–water partition coefficient (Wildman–Crippen LogP) is 3.82. The van der Waals surface area contributed by atoms with Gasteiger partial charge in [-0.2, -0.15) is 0 Å². The van der Waals surface area contributed by atoms with Gasteiger partial charge in [0.1, 0.15) is 5.82 Å². The van der Waals surface area contributed by atoms with Gasteiger partial charge in [0, 0.05) is 13.6 Å². The van der Waals surface area contributed by atoms with Gasteiger partial charge in [-0.05, 0) is 42.7 Å². The van der Waals surface area contributed by atoms with Gasteiger partial charge in [0.05, 0.1) is 11.8 Å². The molecule has 0 aliphatic heterocycles. The lowest BCUT2D eigenvalue weighted by Crippen LogP contribution is -2.18. The number of aryl methyl sites for hydroxylation is 1. The lowest BCUT2D eigenvalue weighted by atomic mass is 10.1. The summed E-state index contributed by atoms with van der Waals surface area (Å²) in [4.78, 5) is 1.88. The minimum Gasteiger partial charge on any atom is -0.389 e. The van der Waals surface area contributed by atoms with E-state index in [9.17, 15) is 9.50 Å². The summed E-state index contributed by atoms with van der Waals surface area (Å²) in [7, 11) is 1.87. The molecular formula is C17H20FNO. The molecule has 2 nitrogen and oxygen atoms in total. The van der Waals surface area contributed by atoms with Gasteiger partial charge in [0.25, 0.3) is 0 Å². The second-order valence-corrected chi connectivity index (χ2v) is 5.17. The first-order chi connectivity index (χ1) is 9.49. The molecule has 0 fully saturated rings. The zero-order chi connectivity index (χ0) is 14.7. The number of benzene rings is 2. The highest BCUT2D eigenvalue weighted by atomic mass is 19.1. The second-order valence-electron chi connectivity index (χ2n) is 5.17. The van der Waals surface area contributed by atoms with Crippen molar-refractivity contribution in [3.05, 3.63) is 65.0 Å². The molecule has 2 aromatic carbocycles.